The van der Waals surface area contributed by atoms with Gasteiger partial charge >= 0.3 is 5.63 Å². The number of hydrogen-bond donors (Lipinski definition) is 2. The van der Waals surface area contributed by atoms with E-state index < -0.39 is 23.6 Å². The predicted octanol–water partition coefficient (Wildman–Crippen LogP) is 4.05. The molecule has 5 rings (SSSR count). The number of anilines is 1. The maximum atomic E-state index is 13.4. The van der Waals surface area contributed by atoms with Crippen molar-refractivity contribution in [2.75, 3.05) is 19.5 Å². The van der Waals surface area contributed by atoms with Gasteiger partial charge in [-0.15, -0.1) is 0 Å². The third kappa shape index (κ3) is 3.49. The van der Waals surface area contributed by atoms with Crippen molar-refractivity contribution in [3.8, 4) is 23.0 Å². The highest BCUT2D eigenvalue weighted by Gasteiger charge is 2.44. The molecule has 0 spiro atoms. The van der Waals surface area contributed by atoms with Gasteiger partial charge in [-0.3, -0.25) is 4.79 Å². The van der Waals surface area contributed by atoms with E-state index in [0.717, 1.165) is 0 Å². The van der Waals surface area contributed by atoms with Gasteiger partial charge in [-0.05, 0) is 42.0 Å². The Balaban J connectivity index is 1.70. The first-order chi connectivity index (χ1) is 16.5. The third-order valence-electron chi connectivity index (χ3n) is 5.82. The lowest BCUT2D eigenvalue weighted by atomic mass is 9.87. The Morgan fingerprint density at radius 1 is 0.971 bits per heavy atom. The second-order valence-electron chi connectivity index (χ2n) is 7.77. The molecule has 0 fully saturated rings. The van der Waals surface area contributed by atoms with Crippen LogP contribution in [0.5, 0.6) is 23.0 Å². The molecule has 1 aromatic heterocycles. The van der Waals surface area contributed by atoms with Crippen molar-refractivity contribution < 1.29 is 28.5 Å². The lowest BCUT2D eigenvalue weighted by molar-refractivity contribution is -0.122. The average Bonchev–Trinajstić information content (AvgIpc) is 3.27. The number of carbonyl (C=O) groups excluding carboxylic acids is 1. The van der Waals surface area contributed by atoms with Crippen LogP contribution in [0, 0.1) is 0 Å². The zero-order chi connectivity index (χ0) is 23.8. The number of carbonyl (C=O) groups is 1. The van der Waals surface area contributed by atoms with Crippen molar-refractivity contribution in [3.05, 3.63) is 88.3 Å². The zero-order valence-electron chi connectivity index (χ0n) is 18.4. The SMILES string of the molecule is COc1cc([C@@H]2c3c(c4ccccc4oc3=O)O[C@H]2C(=O)Nc2ccccc2)cc(OC)c1O. The summed E-state index contributed by atoms with van der Waals surface area (Å²) in [6, 6.07) is 19.0. The van der Waals surface area contributed by atoms with Gasteiger partial charge in [0.05, 0.1) is 31.1 Å². The van der Waals surface area contributed by atoms with E-state index in [2.05, 4.69) is 5.32 Å². The molecule has 34 heavy (non-hydrogen) atoms. The van der Waals surface area contributed by atoms with Gasteiger partial charge in [0.25, 0.3) is 5.91 Å². The van der Waals surface area contributed by atoms with Crippen LogP contribution in [-0.4, -0.2) is 31.3 Å². The van der Waals surface area contributed by atoms with Gasteiger partial charge in [0, 0.05) is 5.69 Å². The van der Waals surface area contributed by atoms with Crippen LogP contribution >= 0.6 is 0 Å². The fourth-order valence-electron chi connectivity index (χ4n) is 4.25. The van der Waals surface area contributed by atoms with E-state index in [0.29, 0.717) is 22.2 Å². The smallest absolute Gasteiger partial charge is 0.344 e. The van der Waals surface area contributed by atoms with Crippen LogP contribution in [0.4, 0.5) is 5.69 Å². The predicted molar refractivity (Wildman–Crippen MR) is 125 cm³/mol. The average molecular weight is 459 g/mol. The second kappa shape index (κ2) is 8.47. The van der Waals surface area contributed by atoms with Gasteiger partial charge in [0.15, 0.2) is 17.6 Å². The summed E-state index contributed by atoms with van der Waals surface area (Å²) in [4.78, 5) is 26.5. The molecule has 172 valence electrons. The molecule has 2 atom stereocenters. The Bertz CT molecular complexity index is 1420. The van der Waals surface area contributed by atoms with Gasteiger partial charge < -0.3 is 29.1 Å². The van der Waals surface area contributed by atoms with Crippen molar-refractivity contribution in [2.45, 2.75) is 12.0 Å². The summed E-state index contributed by atoms with van der Waals surface area (Å²) < 4.78 is 22.3. The number of methoxy groups -OCH3 is 2. The van der Waals surface area contributed by atoms with Gasteiger partial charge in [-0.2, -0.15) is 0 Å². The molecular weight excluding hydrogens is 438 g/mol. The number of hydrogen-bond acceptors (Lipinski definition) is 7. The van der Waals surface area contributed by atoms with E-state index in [1.165, 1.54) is 14.2 Å². The minimum atomic E-state index is -1.09. The molecule has 0 saturated heterocycles. The number of ether oxygens (including phenoxy) is 3. The van der Waals surface area contributed by atoms with Crippen LogP contribution in [0.2, 0.25) is 0 Å². The van der Waals surface area contributed by atoms with Gasteiger partial charge in [-0.1, -0.05) is 30.3 Å². The number of nitrogens with one attached hydrogen (secondary N) is 1. The normalized spacial score (nSPS) is 16.5. The van der Waals surface area contributed by atoms with Crippen LogP contribution in [0.25, 0.3) is 11.0 Å². The van der Waals surface area contributed by atoms with Crippen molar-refractivity contribution in [1.29, 1.82) is 0 Å². The molecule has 0 bridgehead atoms. The minimum absolute atomic E-state index is 0.134. The molecule has 4 aromatic rings. The molecule has 1 amide bonds. The largest absolute Gasteiger partial charge is 0.502 e. The fourth-order valence-corrected chi connectivity index (χ4v) is 4.25. The Kier molecular flexibility index (Phi) is 5.33. The summed E-state index contributed by atoms with van der Waals surface area (Å²) in [5, 5.41) is 13.8. The van der Waals surface area contributed by atoms with E-state index in [-0.39, 0.29) is 28.6 Å². The highest BCUT2D eigenvalue weighted by Crippen LogP contribution is 2.48. The molecular formula is C26H21NO7. The summed E-state index contributed by atoms with van der Waals surface area (Å²) in [5.74, 6) is -0.921. The standard InChI is InChI=1S/C26H21NO7/c1-31-18-12-14(13-19(32-2)22(18)28)20-21-23(16-10-6-7-11-17(16)33-26(21)30)34-24(20)25(29)27-15-8-4-3-5-9-15/h3-13,20,24,28H,1-2H3,(H,27,29)/t20-,24-/m1/s1. The van der Waals surface area contributed by atoms with E-state index in [1.54, 1.807) is 60.7 Å². The Labute approximate surface area is 194 Å². The first kappa shape index (κ1) is 21.4. The molecule has 2 N–H and O–H groups in total. The number of benzene rings is 3. The van der Waals surface area contributed by atoms with Crippen LogP contribution in [-0.2, 0) is 4.79 Å². The number of rotatable bonds is 5. The number of phenols is 1. The molecule has 8 nitrogen and oxygen atoms in total. The number of aromatic hydroxyl groups is 1. The summed E-state index contributed by atoms with van der Waals surface area (Å²) in [7, 11) is 2.80. The first-order valence-electron chi connectivity index (χ1n) is 10.5. The minimum Gasteiger partial charge on any atom is -0.502 e. The molecule has 0 radical (unpaired) electrons. The maximum absolute atomic E-state index is 13.4. The number of fused-ring (bicyclic) bond motifs is 3. The van der Waals surface area contributed by atoms with Crippen LogP contribution in [0.3, 0.4) is 0 Å². The Hall–Kier alpha value is -4.46. The quantitative estimate of drug-likeness (QED) is 0.434. The highest BCUT2D eigenvalue weighted by molar-refractivity contribution is 5.97. The van der Waals surface area contributed by atoms with Crippen LogP contribution < -0.4 is 25.2 Å². The topological polar surface area (TPSA) is 107 Å². The van der Waals surface area contributed by atoms with E-state index in [4.69, 9.17) is 18.6 Å². The Morgan fingerprint density at radius 2 is 1.62 bits per heavy atom. The van der Waals surface area contributed by atoms with E-state index >= 15 is 0 Å². The van der Waals surface area contributed by atoms with Crippen molar-refractivity contribution >= 4 is 22.6 Å². The molecule has 1 aliphatic rings. The number of amides is 1. The van der Waals surface area contributed by atoms with Crippen LogP contribution in [0.15, 0.2) is 75.9 Å². The van der Waals surface area contributed by atoms with Gasteiger partial charge in [-0.25, -0.2) is 4.79 Å². The molecule has 2 heterocycles. The second-order valence-corrected chi connectivity index (χ2v) is 7.77. The molecule has 3 aromatic carbocycles. The third-order valence-corrected chi connectivity index (χ3v) is 5.82. The number of phenolic OH excluding ortho intramolecular Hbond substituents is 1. The molecule has 0 aliphatic carbocycles. The van der Waals surface area contributed by atoms with Gasteiger partial charge in [0.1, 0.15) is 11.3 Å². The van der Waals surface area contributed by atoms with Gasteiger partial charge in [0.2, 0.25) is 5.75 Å². The highest BCUT2D eigenvalue weighted by atomic mass is 16.5. The molecule has 1 aliphatic heterocycles. The fraction of sp³-hybridized carbons (Fsp3) is 0.154. The lowest BCUT2D eigenvalue weighted by Gasteiger charge is -2.20. The van der Waals surface area contributed by atoms with Crippen LogP contribution in [0.1, 0.15) is 17.0 Å². The van der Waals surface area contributed by atoms with Crippen molar-refractivity contribution in [2.24, 2.45) is 0 Å². The summed E-state index contributed by atoms with van der Waals surface area (Å²) in [6.07, 6.45) is -1.09. The molecule has 8 heteroatoms. The van der Waals surface area contributed by atoms with Crippen molar-refractivity contribution in [1.82, 2.24) is 0 Å². The summed E-state index contributed by atoms with van der Waals surface area (Å²) in [5.41, 5.74) is 1.03. The summed E-state index contributed by atoms with van der Waals surface area (Å²) >= 11 is 0. The first-order valence-corrected chi connectivity index (χ1v) is 10.5. The monoisotopic (exact) mass is 459 g/mol. The summed E-state index contributed by atoms with van der Waals surface area (Å²) in [6.45, 7) is 0. The lowest BCUT2D eigenvalue weighted by Crippen LogP contribution is -2.35. The number of para-hydroxylation sites is 2. The van der Waals surface area contributed by atoms with E-state index in [1.807, 2.05) is 6.07 Å². The van der Waals surface area contributed by atoms with Crippen molar-refractivity contribution in [3.63, 3.8) is 0 Å². The van der Waals surface area contributed by atoms with E-state index in [9.17, 15) is 14.7 Å². The zero-order valence-corrected chi connectivity index (χ0v) is 18.4. The maximum Gasteiger partial charge on any atom is 0.344 e. The Morgan fingerprint density at radius 3 is 2.29 bits per heavy atom. The molecule has 0 saturated carbocycles. The molecule has 0 unspecified atom stereocenters.